The van der Waals surface area contributed by atoms with E-state index in [1.165, 1.54) is 18.4 Å². The van der Waals surface area contributed by atoms with E-state index in [0.29, 0.717) is 5.56 Å². The van der Waals surface area contributed by atoms with Crippen molar-refractivity contribution in [1.29, 1.82) is 0 Å². The monoisotopic (exact) mass is 323 g/mol. The summed E-state index contributed by atoms with van der Waals surface area (Å²) in [5, 5.41) is 2.99. The van der Waals surface area contributed by atoms with Gasteiger partial charge in [-0.15, -0.1) is 0 Å². The van der Waals surface area contributed by atoms with E-state index in [-0.39, 0.29) is 5.91 Å². The molecular weight excluding hydrogens is 298 g/mol. The molecular formula is C20H25N3O. The highest BCUT2D eigenvalue weighted by atomic mass is 16.1. The summed E-state index contributed by atoms with van der Waals surface area (Å²) in [5.41, 5.74) is 4.75. The van der Waals surface area contributed by atoms with Crippen molar-refractivity contribution < 1.29 is 4.79 Å². The average Bonchev–Trinajstić information content (AvgIpc) is 2.58. The molecule has 1 aliphatic heterocycles. The number of hydrogen-bond acceptors (Lipinski definition) is 3. The normalized spacial score (nSPS) is 15.4. The highest BCUT2D eigenvalue weighted by molar-refractivity contribution is 6.05. The second-order valence-corrected chi connectivity index (χ2v) is 6.87. The maximum Gasteiger partial charge on any atom is 0.257 e. The van der Waals surface area contributed by atoms with Crippen LogP contribution in [0.2, 0.25) is 0 Å². The number of piperidine rings is 1. The van der Waals surface area contributed by atoms with Gasteiger partial charge in [0.15, 0.2) is 0 Å². The Morgan fingerprint density at radius 1 is 1.17 bits per heavy atom. The Bertz CT molecular complexity index is 733. The van der Waals surface area contributed by atoms with Crippen molar-refractivity contribution in [3.05, 3.63) is 53.3 Å². The summed E-state index contributed by atoms with van der Waals surface area (Å²) >= 11 is 0. The molecule has 1 N–H and O–H groups in total. The van der Waals surface area contributed by atoms with Gasteiger partial charge < -0.3 is 10.2 Å². The number of benzene rings is 1. The molecule has 4 nitrogen and oxygen atoms in total. The predicted octanol–water partition coefficient (Wildman–Crippen LogP) is 4.19. The predicted molar refractivity (Wildman–Crippen MR) is 98.7 cm³/mol. The number of rotatable bonds is 3. The minimum atomic E-state index is -0.110. The number of aryl methyl sites for hydroxylation is 2. The number of nitrogens with one attached hydrogen (secondary N) is 1. The second-order valence-electron chi connectivity index (χ2n) is 6.87. The van der Waals surface area contributed by atoms with Crippen LogP contribution in [0.1, 0.15) is 41.3 Å². The Balaban J connectivity index is 1.74. The summed E-state index contributed by atoms with van der Waals surface area (Å²) < 4.78 is 0. The first-order valence-electron chi connectivity index (χ1n) is 8.61. The minimum Gasteiger partial charge on any atom is -0.370 e. The third-order valence-corrected chi connectivity index (χ3v) is 4.76. The Labute approximate surface area is 143 Å². The van der Waals surface area contributed by atoms with E-state index in [9.17, 15) is 4.79 Å². The van der Waals surface area contributed by atoms with Gasteiger partial charge in [-0.3, -0.25) is 9.78 Å². The van der Waals surface area contributed by atoms with E-state index in [1.807, 2.05) is 38.2 Å². The van der Waals surface area contributed by atoms with Gasteiger partial charge in [0, 0.05) is 25.0 Å². The first-order chi connectivity index (χ1) is 11.5. The molecule has 0 radical (unpaired) electrons. The summed E-state index contributed by atoms with van der Waals surface area (Å²) in [6.45, 7) is 8.41. The number of carbonyl (C=O) groups is 1. The Morgan fingerprint density at radius 2 is 1.92 bits per heavy atom. The topological polar surface area (TPSA) is 45.2 Å². The molecule has 2 heterocycles. The molecule has 1 saturated heterocycles. The summed E-state index contributed by atoms with van der Waals surface area (Å²) in [4.78, 5) is 19.2. The fraction of sp³-hybridized carbons (Fsp3) is 0.400. The van der Waals surface area contributed by atoms with E-state index >= 15 is 0 Å². The van der Waals surface area contributed by atoms with Gasteiger partial charge in [0.1, 0.15) is 0 Å². The van der Waals surface area contributed by atoms with Crippen molar-refractivity contribution in [3.63, 3.8) is 0 Å². The van der Waals surface area contributed by atoms with Crippen LogP contribution in [0.15, 0.2) is 36.7 Å². The van der Waals surface area contributed by atoms with E-state index in [2.05, 4.69) is 28.2 Å². The van der Waals surface area contributed by atoms with Crippen molar-refractivity contribution in [2.75, 3.05) is 23.3 Å². The molecule has 0 unspecified atom stereocenters. The number of nitrogens with zero attached hydrogens (tertiary/aromatic N) is 2. The number of carbonyl (C=O) groups excluding carboxylic acids is 1. The lowest BCUT2D eigenvalue weighted by molar-refractivity contribution is 0.102. The quantitative estimate of drug-likeness (QED) is 0.921. The molecule has 0 bridgehead atoms. The van der Waals surface area contributed by atoms with Crippen molar-refractivity contribution in [1.82, 2.24) is 4.98 Å². The highest BCUT2D eigenvalue weighted by Crippen LogP contribution is 2.23. The summed E-state index contributed by atoms with van der Waals surface area (Å²) in [6, 6.07) is 7.97. The summed E-state index contributed by atoms with van der Waals surface area (Å²) in [7, 11) is 0. The molecule has 24 heavy (non-hydrogen) atoms. The lowest BCUT2D eigenvalue weighted by atomic mass is 9.99. The van der Waals surface area contributed by atoms with Gasteiger partial charge in [-0.1, -0.05) is 24.6 Å². The Hall–Kier alpha value is -2.36. The minimum absolute atomic E-state index is 0.110. The van der Waals surface area contributed by atoms with Gasteiger partial charge >= 0.3 is 0 Å². The van der Waals surface area contributed by atoms with Crippen molar-refractivity contribution in [2.24, 2.45) is 5.92 Å². The standard InChI is InChI=1S/C20H25N3O/c1-14-6-8-23(9-7-14)18-11-17(12-21-13-18)20(24)22-19-5-4-15(2)10-16(19)3/h4-5,10-14H,6-9H2,1-3H3,(H,22,24). The van der Waals surface area contributed by atoms with Crippen LogP contribution in [0.4, 0.5) is 11.4 Å². The molecule has 1 aliphatic rings. The van der Waals surface area contributed by atoms with Crippen LogP contribution in [0.3, 0.4) is 0 Å². The first-order valence-corrected chi connectivity index (χ1v) is 8.61. The average molecular weight is 323 g/mol. The van der Waals surface area contributed by atoms with Crippen LogP contribution in [0.25, 0.3) is 0 Å². The molecule has 2 aromatic rings. The lowest BCUT2D eigenvalue weighted by Gasteiger charge is -2.32. The van der Waals surface area contributed by atoms with Crippen LogP contribution < -0.4 is 10.2 Å². The molecule has 1 fully saturated rings. The maximum absolute atomic E-state index is 12.6. The molecule has 3 rings (SSSR count). The van der Waals surface area contributed by atoms with Crippen LogP contribution in [-0.4, -0.2) is 24.0 Å². The van der Waals surface area contributed by atoms with Gasteiger partial charge in [0.05, 0.1) is 17.4 Å². The van der Waals surface area contributed by atoms with Gasteiger partial charge in [-0.25, -0.2) is 0 Å². The van der Waals surface area contributed by atoms with Gasteiger partial charge in [-0.2, -0.15) is 0 Å². The van der Waals surface area contributed by atoms with E-state index in [1.54, 1.807) is 6.20 Å². The molecule has 1 aromatic heterocycles. The number of hydrogen-bond donors (Lipinski definition) is 1. The molecule has 4 heteroatoms. The van der Waals surface area contributed by atoms with Crippen LogP contribution in [0, 0.1) is 19.8 Å². The Kier molecular flexibility index (Phi) is 4.84. The van der Waals surface area contributed by atoms with Gasteiger partial charge in [0.2, 0.25) is 0 Å². The highest BCUT2D eigenvalue weighted by Gasteiger charge is 2.17. The van der Waals surface area contributed by atoms with Crippen molar-refractivity contribution >= 4 is 17.3 Å². The molecule has 0 aliphatic carbocycles. The molecule has 1 amide bonds. The largest absolute Gasteiger partial charge is 0.370 e. The van der Waals surface area contributed by atoms with Gasteiger partial charge in [-0.05, 0) is 50.3 Å². The summed E-state index contributed by atoms with van der Waals surface area (Å²) in [5.74, 6) is 0.673. The van der Waals surface area contributed by atoms with E-state index < -0.39 is 0 Å². The number of pyridine rings is 1. The molecule has 126 valence electrons. The third-order valence-electron chi connectivity index (χ3n) is 4.76. The third kappa shape index (κ3) is 3.75. The zero-order valence-electron chi connectivity index (χ0n) is 14.7. The Morgan fingerprint density at radius 3 is 2.62 bits per heavy atom. The molecule has 0 atom stereocenters. The molecule has 1 aromatic carbocycles. The molecule has 0 spiro atoms. The molecule has 0 saturated carbocycles. The van der Waals surface area contributed by atoms with E-state index in [4.69, 9.17) is 0 Å². The maximum atomic E-state index is 12.6. The van der Waals surface area contributed by atoms with E-state index in [0.717, 1.165) is 35.9 Å². The van der Waals surface area contributed by atoms with Crippen LogP contribution in [-0.2, 0) is 0 Å². The van der Waals surface area contributed by atoms with Crippen LogP contribution in [0.5, 0.6) is 0 Å². The lowest BCUT2D eigenvalue weighted by Crippen LogP contribution is -2.33. The van der Waals surface area contributed by atoms with Crippen LogP contribution >= 0.6 is 0 Å². The number of amides is 1. The first kappa shape index (κ1) is 16.5. The number of aromatic nitrogens is 1. The van der Waals surface area contributed by atoms with Gasteiger partial charge in [0.25, 0.3) is 5.91 Å². The fourth-order valence-corrected chi connectivity index (χ4v) is 3.14. The van der Waals surface area contributed by atoms with Crippen molar-refractivity contribution in [3.8, 4) is 0 Å². The zero-order valence-corrected chi connectivity index (χ0v) is 14.7. The smallest absolute Gasteiger partial charge is 0.257 e. The second kappa shape index (κ2) is 7.04. The number of anilines is 2. The SMILES string of the molecule is Cc1ccc(NC(=O)c2cncc(N3CCC(C)CC3)c2)c(C)c1. The zero-order chi connectivity index (χ0) is 17.1. The fourth-order valence-electron chi connectivity index (χ4n) is 3.14. The summed E-state index contributed by atoms with van der Waals surface area (Å²) in [6.07, 6.45) is 5.87. The van der Waals surface area contributed by atoms with Crippen molar-refractivity contribution in [2.45, 2.75) is 33.6 Å².